The standard InChI is InChI=1S/C16H23NO4/c1-16(15(19)20,17-11-14-3-2-10-21-14)9-8-12-4-6-13(18)7-5-12/h4-7,14,17-18H,2-3,8-11H2,1H3,(H,19,20). The summed E-state index contributed by atoms with van der Waals surface area (Å²) in [4.78, 5) is 11.6. The number of carboxylic acids is 1. The van der Waals surface area contributed by atoms with E-state index in [-0.39, 0.29) is 11.9 Å². The molecule has 1 fully saturated rings. The van der Waals surface area contributed by atoms with Crippen LogP contribution in [0.3, 0.4) is 0 Å². The first-order chi connectivity index (χ1) is 9.99. The van der Waals surface area contributed by atoms with E-state index in [2.05, 4.69) is 5.32 Å². The molecule has 0 spiro atoms. The fourth-order valence-corrected chi connectivity index (χ4v) is 2.47. The first-order valence-electron chi connectivity index (χ1n) is 7.37. The van der Waals surface area contributed by atoms with Crippen LogP contribution in [0, 0.1) is 0 Å². The lowest BCUT2D eigenvalue weighted by atomic mass is 9.93. The highest BCUT2D eigenvalue weighted by Gasteiger charge is 2.33. The monoisotopic (exact) mass is 293 g/mol. The van der Waals surface area contributed by atoms with Crippen LogP contribution in [-0.4, -0.2) is 41.0 Å². The molecule has 0 aromatic heterocycles. The molecule has 1 saturated heterocycles. The molecular formula is C16H23NO4. The van der Waals surface area contributed by atoms with Gasteiger partial charge in [-0.3, -0.25) is 10.1 Å². The summed E-state index contributed by atoms with van der Waals surface area (Å²) in [7, 11) is 0. The molecule has 2 rings (SSSR count). The lowest BCUT2D eigenvalue weighted by molar-refractivity contribution is -0.144. The number of aromatic hydroxyl groups is 1. The molecule has 1 heterocycles. The van der Waals surface area contributed by atoms with Gasteiger partial charge in [-0.15, -0.1) is 0 Å². The highest BCUT2D eigenvalue weighted by Crippen LogP contribution is 2.18. The van der Waals surface area contributed by atoms with E-state index < -0.39 is 11.5 Å². The summed E-state index contributed by atoms with van der Waals surface area (Å²) in [5, 5.41) is 21.9. The van der Waals surface area contributed by atoms with E-state index in [1.165, 1.54) is 0 Å². The highest BCUT2D eigenvalue weighted by molar-refractivity contribution is 5.78. The summed E-state index contributed by atoms with van der Waals surface area (Å²) in [6.07, 6.45) is 3.28. The first kappa shape index (κ1) is 15.8. The van der Waals surface area contributed by atoms with Gasteiger partial charge in [-0.1, -0.05) is 12.1 Å². The van der Waals surface area contributed by atoms with Gasteiger partial charge in [-0.25, -0.2) is 0 Å². The van der Waals surface area contributed by atoms with E-state index >= 15 is 0 Å². The molecule has 116 valence electrons. The summed E-state index contributed by atoms with van der Waals surface area (Å²) < 4.78 is 5.52. The number of hydrogen-bond acceptors (Lipinski definition) is 4. The van der Waals surface area contributed by atoms with Crippen molar-refractivity contribution in [3.63, 3.8) is 0 Å². The molecule has 1 aromatic carbocycles. The smallest absolute Gasteiger partial charge is 0.323 e. The molecule has 0 radical (unpaired) electrons. The molecule has 1 aliphatic rings. The Morgan fingerprint density at radius 3 is 2.71 bits per heavy atom. The average Bonchev–Trinajstić information content (AvgIpc) is 2.98. The van der Waals surface area contributed by atoms with E-state index in [1.54, 1.807) is 19.1 Å². The number of ether oxygens (including phenoxy) is 1. The number of aryl methyl sites for hydroxylation is 1. The third kappa shape index (κ3) is 4.44. The number of carbonyl (C=O) groups is 1. The van der Waals surface area contributed by atoms with Crippen LogP contribution in [0.25, 0.3) is 0 Å². The largest absolute Gasteiger partial charge is 0.508 e. The van der Waals surface area contributed by atoms with Crippen molar-refractivity contribution in [2.75, 3.05) is 13.2 Å². The SMILES string of the molecule is CC(CCc1ccc(O)cc1)(NCC1CCCO1)C(=O)O. The fourth-order valence-electron chi connectivity index (χ4n) is 2.47. The zero-order valence-electron chi connectivity index (χ0n) is 12.3. The minimum atomic E-state index is -0.968. The van der Waals surface area contributed by atoms with Crippen molar-refractivity contribution >= 4 is 5.97 Å². The van der Waals surface area contributed by atoms with Crippen LogP contribution in [0.1, 0.15) is 31.7 Å². The molecule has 3 N–H and O–H groups in total. The molecule has 0 saturated carbocycles. The zero-order valence-corrected chi connectivity index (χ0v) is 12.3. The van der Waals surface area contributed by atoms with Gasteiger partial charge >= 0.3 is 5.97 Å². The summed E-state index contributed by atoms with van der Waals surface area (Å²) in [5.41, 5.74) is 0.0447. The summed E-state index contributed by atoms with van der Waals surface area (Å²) in [5.74, 6) is -0.629. The normalized spacial score (nSPS) is 21.1. The number of phenolic OH excluding ortho intramolecular Hbond substituents is 1. The predicted molar refractivity (Wildman–Crippen MR) is 79.4 cm³/mol. The highest BCUT2D eigenvalue weighted by atomic mass is 16.5. The van der Waals surface area contributed by atoms with Crippen LogP contribution in [0.4, 0.5) is 0 Å². The minimum absolute atomic E-state index is 0.123. The van der Waals surface area contributed by atoms with Gasteiger partial charge in [0, 0.05) is 13.2 Å². The maximum atomic E-state index is 11.6. The topological polar surface area (TPSA) is 78.8 Å². The number of carboxylic acid groups (broad SMARTS) is 1. The maximum Gasteiger partial charge on any atom is 0.323 e. The molecule has 1 aliphatic heterocycles. The number of phenols is 1. The molecule has 2 atom stereocenters. The van der Waals surface area contributed by atoms with Gasteiger partial charge < -0.3 is 14.9 Å². The van der Waals surface area contributed by atoms with Crippen LogP contribution in [0.15, 0.2) is 24.3 Å². The Labute approximate surface area is 124 Å². The van der Waals surface area contributed by atoms with Crippen molar-refractivity contribution in [2.45, 2.75) is 44.2 Å². The minimum Gasteiger partial charge on any atom is -0.508 e. The molecular weight excluding hydrogens is 270 g/mol. The Bertz CT molecular complexity index is 468. The van der Waals surface area contributed by atoms with Crippen molar-refractivity contribution in [1.82, 2.24) is 5.32 Å². The molecule has 1 aromatic rings. The zero-order chi connectivity index (χ0) is 15.3. The van der Waals surface area contributed by atoms with Gasteiger partial charge in [0.05, 0.1) is 6.10 Å². The van der Waals surface area contributed by atoms with E-state index in [4.69, 9.17) is 4.74 Å². The van der Waals surface area contributed by atoms with Gasteiger partial charge in [0.25, 0.3) is 0 Å². The molecule has 0 amide bonds. The second-order valence-electron chi connectivity index (χ2n) is 5.82. The maximum absolute atomic E-state index is 11.6. The lowest BCUT2D eigenvalue weighted by Crippen LogP contribution is -2.52. The van der Waals surface area contributed by atoms with Gasteiger partial charge in [-0.05, 0) is 50.3 Å². The molecule has 21 heavy (non-hydrogen) atoms. The van der Waals surface area contributed by atoms with Crippen LogP contribution in [-0.2, 0) is 16.0 Å². The van der Waals surface area contributed by atoms with Crippen molar-refractivity contribution < 1.29 is 19.7 Å². The van der Waals surface area contributed by atoms with Crippen molar-refractivity contribution in [1.29, 1.82) is 0 Å². The van der Waals surface area contributed by atoms with Crippen molar-refractivity contribution in [3.05, 3.63) is 29.8 Å². The molecule has 5 heteroatoms. The Hall–Kier alpha value is -1.59. The number of hydrogen-bond donors (Lipinski definition) is 3. The van der Waals surface area contributed by atoms with Gasteiger partial charge in [0.1, 0.15) is 11.3 Å². The van der Waals surface area contributed by atoms with Crippen LogP contribution < -0.4 is 5.32 Å². The number of aliphatic carboxylic acids is 1. The van der Waals surface area contributed by atoms with E-state index in [0.29, 0.717) is 19.4 Å². The van der Waals surface area contributed by atoms with Crippen LogP contribution in [0.2, 0.25) is 0 Å². The predicted octanol–water partition coefficient (Wildman–Crippen LogP) is 1.94. The quantitative estimate of drug-likeness (QED) is 0.716. The third-order valence-electron chi connectivity index (χ3n) is 4.07. The molecule has 0 bridgehead atoms. The Kier molecular flexibility index (Phi) is 5.20. The van der Waals surface area contributed by atoms with Gasteiger partial charge in [-0.2, -0.15) is 0 Å². The first-order valence-corrected chi connectivity index (χ1v) is 7.37. The summed E-state index contributed by atoms with van der Waals surface area (Å²) in [6, 6.07) is 6.87. The third-order valence-corrected chi connectivity index (χ3v) is 4.07. The van der Waals surface area contributed by atoms with E-state index in [0.717, 1.165) is 25.0 Å². The van der Waals surface area contributed by atoms with Gasteiger partial charge in [0.2, 0.25) is 0 Å². The molecule has 0 aliphatic carbocycles. The Balaban J connectivity index is 1.90. The lowest BCUT2D eigenvalue weighted by Gasteiger charge is -2.28. The number of nitrogens with one attached hydrogen (secondary N) is 1. The Morgan fingerprint density at radius 1 is 1.43 bits per heavy atom. The van der Waals surface area contributed by atoms with Gasteiger partial charge in [0.15, 0.2) is 0 Å². The fraction of sp³-hybridized carbons (Fsp3) is 0.562. The Morgan fingerprint density at radius 2 is 2.14 bits per heavy atom. The van der Waals surface area contributed by atoms with E-state index in [1.807, 2.05) is 12.1 Å². The second-order valence-corrected chi connectivity index (χ2v) is 5.82. The number of benzene rings is 1. The van der Waals surface area contributed by atoms with E-state index in [9.17, 15) is 15.0 Å². The summed E-state index contributed by atoms with van der Waals surface area (Å²) >= 11 is 0. The molecule has 5 nitrogen and oxygen atoms in total. The van der Waals surface area contributed by atoms with Crippen molar-refractivity contribution in [2.24, 2.45) is 0 Å². The number of rotatable bonds is 7. The van der Waals surface area contributed by atoms with Crippen molar-refractivity contribution in [3.8, 4) is 5.75 Å². The molecule has 2 unspecified atom stereocenters. The average molecular weight is 293 g/mol. The second kappa shape index (κ2) is 6.91. The van der Waals surface area contributed by atoms with Crippen LogP contribution >= 0.6 is 0 Å². The van der Waals surface area contributed by atoms with Crippen LogP contribution in [0.5, 0.6) is 5.75 Å². The summed E-state index contributed by atoms with van der Waals surface area (Å²) in [6.45, 7) is 3.05.